The van der Waals surface area contributed by atoms with Crippen molar-refractivity contribution in [1.29, 1.82) is 0 Å². The Labute approximate surface area is 103 Å². The molecule has 0 atom stereocenters. The van der Waals surface area contributed by atoms with Gasteiger partial charge in [-0.05, 0) is 18.2 Å². The molecule has 0 radical (unpaired) electrons. The summed E-state index contributed by atoms with van der Waals surface area (Å²) in [4.78, 5) is 0. The van der Waals surface area contributed by atoms with Gasteiger partial charge in [0.2, 0.25) is 0 Å². The van der Waals surface area contributed by atoms with Gasteiger partial charge >= 0.3 is 0 Å². The largest absolute Gasteiger partial charge is 0.504 e. The van der Waals surface area contributed by atoms with Crippen LogP contribution in [0.25, 0.3) is 11.1 Å². The molecular weight excluding hydrogens is 247 g/mol. The molecule has 2 aromatic carbocycles. The highest BCUT2D eigenvalue weighted by Gasteiger charge is 2.14. The van der Waals surface area contributed by atoms with Gasteiger partial charge in [0, 0.05) is 11.1 Å². The Balaban J connectivity index is 2.73. The van der Waals surface area contributed by atoms with E-state index in [2.05, 4.69) is 0 Å². The zero-order valence-corrected chi connectivity index (χ0v) is 9.63. The third-order valence-electron chi connectivity index (χ3n) is 2.25. The third kappa shape index (κ3) is 1.82. The van der Waals surface area contributed by atoms with Gasteiger partial charge in [-0.1, -0.05) is 41.4 Å². The first-order valence-electron chi connectivity index (χ1n) is 4.56. The number of rotatable bonds is 1. The van der Waals surface area contributed by atoms with E-state index in [-0.39, 0.29) is 11.5 Å². The second kappa shape index (κ2) is 4.24. The van der Waals surface area contributed by atoms with E-state index in [4.69, 9.17) is 23.2 Å². The summed E-state index contributed by atoms with van der Waals surface area (Å²) in [5.41, 5.74) is 0.926. The van der Waals surface area contributed by atoms with Crippen molar-refractivity contribution in [3.05, 3.63) is 46.4 Å². The minimum atomic E-state index is -0.225. The zero-order chi connectivity index (χ0) is 11.7. The molecule has 0 saturated heterocycles. The standard InChI is InChI=1S/C12H8Cl2O2/c13-8-4-2-5-9(14)11(8)7-3-1-6-10(15)12(7)16/h1-6,15-16H. The Bertz CT molecular complexity index is 518. The van der Waals surface area contributed by atoms with Crippen LogP contribution in [0.4, 0.5) is 0 Å². The fourth-order valence-electron chi connectivity index (χ4n) is 1.49. The maximum Gasteiger partial charge on any atom is 0.165 e. The van der Waals surface area contributed by atoms with Crippen molar-refractivity contribution in [2.45, 2.75) is 0 Å². The molecule has 0 aromatic heterocycles. The first-order chi connectivity index (χ1) is 7.61. The molecule has 0 amide bonds. The maximum atomic E-state index is 9.73. The van der Waals surface area contributed by atoms with Crippen LogP contribution in [0.15, 0.2) is 36.4 Å². The lowest BCUT2D eigenvalue weighted by Crippen LogP contribution is -1.83. The summed E-state index contributed by atoms with van der Waals surface area (Å²) in [5.74, 6) is -0.425. The normalized spacial score (nSPS) is 10.4. The smallest absolute Gasteiger partial charge is 0.165 e. The van der Waals surface area contributed by atoms with Gasteiger partial charge in [-0.25, -0.2) is 0 Å². The summed E-state index contributed by atoms with van der Waals surface area (Å²) in [6.07, 6.45) is 0. The lowest BCUT2D eigenvalue weighted by molar-refractivity contribution is 0.405. The van der Waals surface area contributed by atoms with Gasteiger partial charge in [-0.15, -0.1) is 0 Å². The van der Waals surface area contributed by atoms with Gasteiger partial charge in [0.05, 0.1) is 10.0 Å². The molecule has 2 nitrogen and oxygen atoms in total. The van der Waals surface area contributed by atoms with Crippen LogP contribution in [0.5, 0.6) is 11.5 Å². The summed E-state index contributed by atoms with van der Waals surface area (Å²) >= 11 is 12.0. The lowest BCUT2D eigenvalue weighted by Gasteiger charge is -2.09. The molecule has 2 rings (SSSR count). The molecule has 0 aliphatic heterocycles. The van der Waals surface area contributed by atoms with E-state index in [0.717, 1.165) is 0 Å². The van der Waals surface area contributed by atoms with Gasteiger partial charge in [0.15, 0.2) is 11.5 Å². The number of hydrogen-bond donors (Lipinski definition) is 2. The Morgan fingerprint density at radius 3 is 2.00 bits per heavy atom. The summed E-state index contributed by atoms with van der Waals surface area (Å²) in [7, 11) is 0. The molecule has 0 aliphatic carbocycles. The van der Waals surface area contributed by atoms with E-state index < -0.39 is 0 Å². The zero-order valence-electron chi connectivity index (χ0n) is 8.11. The SMILES string of the molecule is Oc1cccc(-c2c(Cl)cccc2Cl)c1O. The van der Waals surface area contributed by atoms with Crippen molar-refractivity contribution >= 4 is 23.2 Å². The Morgan fingerprint density at radius 1 is 0.812 bits per heavy atom. The highest BCUT2D eigenvalue weighted by molar-refractivity contribution is 6.39. The van der Waals surface area contributed by atoms with Crippen molar-refractivity contribution in [2.24, 2.45) is 0 Å². The Morgan fingerprint density at radius 2 is 1.38 bits per heavy atom. The topological polar surface area (TPSA) is 40.5 Å². The molecule has 0 saturated carbocycles. The molecule has 0 unspecified atom stereocenters. The molecular formula is C12H8Cl2O2. The van der Waals surface area contributed by atoms with Gasteiger partial charge in [0.1, 0.15) is 0 Å². The van der Waals surface area contributed by atoms with Crippen LogP contribution in [-0.4, -0.2) is 10.2 Å². The predicted molar refractivity (Wildman–Crippen MR) is 65.2 cm³/mol. The predicted octanol–water partition coefficient (Wildman–Crippen LogP) is 4.07. The first kappa shape index (κ1) is 11.1. The van der Waals surface area contributed by atoms with Crippen LogP contribution < -0.4 is 0 Å². The quantitative estimate of drug-likeness (QED) is 0.754. The van der Waals surface area contributed by atoms with Crippen molar-refractivity contribution in [2.75, 3.05) is 0 Å². The fourth-order valence-corrected chi connectivity index (χ4v) is 2.09. The van der Waals surface area contributed by atoms with Gasteiger partial charge in [-0.3, -0.25) is 0 Å². The van der Waals surface area contributed by atoms with Crippen LogP contribution in [-0.2, 0) is 0 Å². The third-order valence-corrected chi connectivity index (χ3v) is 2.88. The van der Waals surface area contributed by atoms with Crippen molar-refractivity contribution < 1.29 is 10.2 Å². The Hall–Kier alpha value is -1.38. The van der Waals surface area contributed by atoms with E-state index in [9.17, 15) is 10.2 Å². The van der Waals surface area contributed by atoms with Crippen LogP contribution in [0, 0.1) is 0 Å². The van der Waals surface area contributed by atoms with Gasteiger partial charge in [0.25, 0.3) is 0 Å². The monoisotopic (exact) mass is 254 g/mol. The number of aromatic hydroxyl groups is 2. The van der Waals surface area contributed by atoms with E-state index in [1.165, 1.54) is 6.07 Å². The summed E-state index contributed by atoms with van der Waals surface area (Å²) in [6.45, 7) is 0. The molecule has 0 bridgehead atoms. The van der Waals surface area contributed by atoms with Crippen molar-refractivity contribution in [3.63, 3.8) is 0 Å². The number of para-hydroxylation sites is 1. The van der Waals surface area contributed by atoms with Crippen LogP contribution >= 0.6 is 23.2 Å². The van der Waals surface area contributed by atoms with E-state index in [1.807, 2.05) is 0 Å². The van der Waals surface area contributed by atoms with Crippen molar-refractivity contribution in [3.8, 4) is 22.6 Å². The number of phenols is 2. The number of halogens is 2. The second-order valence-electron chi connectivity index (χ2n) is 3.27. The maximum absolute atomic E-state index is 9.73. The number of phenolic OH excluding ortho intramolecular Hbond substituents is 2. The molecule has 2 aromatic rings. The Kier molecular flexibility index (Phi) is 2.95. The van der Waals surface area contributed by atoms with E-state index in [1.54, 1.807) is 30.3 Å². The van der Waals surface area contributed by atoms with Gasteiger partial charge in [-0.2, -0.15) is 0 Å². The van der Waals surface area contributed by atoms with Crippen LogP contribution in [0.3, 0.4) is 0 Å². The van der Waals surface area contributed by atoms with Crippen LogP contribution in [0.1, 0.15) is 0 Å². The fraction of sp³-hybridized carbons (Fsp3) is 0. The molecule has 0 heterocycles. The summed E-state index contributed by atoms with van der Waals surface area (Å²) in [6, 6.07) is 9.71. The van der Waals surface area contributed by atoms with E-state index in [0.29, 0.717) is 21.2 Å². The molecule has 0 fully saturated rings. The highest BCUT2D eigenvalue weighted by Crippen LogP contribution is 2.42. The second-order valence-corrected chi connectivity index (χ2v) is 4.08. The average molecular weight is 255 g/mol. The molecule has 2 N–H and O–H groups in total. The summed E-state index contributed by atoms with van der Waals surface area (Å²) in [5, 5.41) is 20.0. The highest BCUT2D eigenvalue weighted by atomic mass is 35.5. The molecule has 16 heavy (non-hydrogen) atoms. The number of hydrogen-bond acceptors (Lipinski definition) is 2. The van der Waals surface area contributed by atoms with Gasteiger partial charge < -0.3 is 10.2 Å². The minimum Gasteiger partial charge on any atom is -0.504 e. The lowest BCUT2D eigenvalue weighted by atomic mass is 10.0. The molecule has 82 valence electrons. The first-order valence-corrected chi connectivity index (χ1v) is 5.32. The van der Waals surface area contributed by atoms with E-state index >= 15 is 0 Å². The summed E-state index contributed by atoms with van der Waals surface area (Å²) < 4.78 is 0. The average Bonchev–Trinajstić information content (AvgIpc) is 2.24. The minimum absolute atomic E-state index is 0.200. The molecule has 0 spiro atoms. The van der Waals surface area contributed by atoms with Crippen LogP contribution in [0.2, 0.25) is 10.0 Å². The van der Waals surface area contributed by atoms with Crippen molar-refractivity contribution in [1.82, 2.24) is 0 Å². The molecule has 0 aliphatic rings. The molecule has 4 heteroatoms. The number of benzene rings is 2.